The molecule has 3 rings (SSSR count). The first-order valence-corrected chi connectivity index (χ1v) is 8.07. The molecule has 23 heavy (non-hydrogen) atoms. The number of ether oxygens (including phenoxy) is 1. The molecule has 7 heteroatoms. The van der Waals surface area contributed by atoms with Gasteiger partial charge in [-0.1, -0.05) is 0 Å². The van der Waals surface area contributed by atoms with E-state index in [9.17, 15) is 9.59 Å². The average Bonchev–Trinajstić information content (AvgIpc) is 3.02. The summed E-state index contributed by atoms with van der Waals surface area (Å²) in [7, 11) is 0. The summed E-state index contributed by atoms with van der Waals surface area (Å²) in [5, 5.41) is 0. The normalized spacial score (nSPS) is 19.9. The second kappa shape index (κ2) is 7.14. The molecule has 0 saturated carbocycles. The van der Waals surface area contributed by atoms with Crippen molar-refractivity contribution in [1.29, 1.82) is 0 Å². The monoisotopic (exact) mass is 321 g/mol. The standard InChI is InChI=1S/C16H23N3O4/c1-13-2-3-14(23-13)16(21)19-6-4-17(5-7-19)12-15(20)18-8-10-22-11-9-18/h2-3H,4-12H2,1H3. The Labute approximate surface area is 135 Å². The van der Waals surface area contributed by atoms with Crippen molar-refractivity contribution in [2.45, 2.75) is 6.92 Å². The molecular weight excluding hydrogens is 298 g/mol. The third-order valence-corrected chi connectivity index (χ3v) is 4.33. The molecule has 3 heterocycles. The molecule has 0 radical (unpaired) electrons. The number of furan rings is 1. The van der Waals surface area contributed by atoms with Gasteiger partial charge in [-0.25, -0.2) is 0 Å². The SMILES string of the molecule is Cc1ccc(C(=O)N2CCN(CC(=O)N3CCOCC3)CC2)o1. The summed E-state index contributed by atoms with van der Waals surface area (Å²) in [5.74, 6) is 1.20. The van der Waals surface area contributed by atoms with Gasteiger partial charge in [-0.05, 0) is 19.1 Å². The Kier molecular flexibility index (Phi) is 4.97. The highest BCUT2D eigenvalue weighted by Crippen LogP contribution is 2.12. The Morgan fingerprint density at radius 3 is 2.30 bits per heavy atom. The molecule has 0 atom stereocenters. The van der Waals surface area contributed by atoms with Gasteiger partial charge in [0.15, 0.2) is 5.76 Å². The van der Waals surface area contributed by atoms with Crippen LogP contribution in [0.2, 0.25) is 0 Å². The number of rotatable bonds is 3. The molecule has 0 bridgehead atoms. The minimum absolute atomic E-state index is 0.0720. The molecule has 2 aliphatic heterocycles. The highest BCUT2D eigenvalue weighted by Gasteiger charge is 2.26. The lowest BCUT2D eigenvalue weighted by Crippen LogP contribution is -2.52. The van der Waals surface area contributed by atoms with Gasteiger partial charge in [0.05, 0.1) is 19.8 Å². The quantitative estimate of drug-likeness (QED) is 0.796. The van der Waals surface area contributed by atoms with Crippen LogP contribution >= 0.6 is 0 Å². The van der Waals surface area contributed by atoms with Gasteiger partial charge in [-0.15, -0.1) is 0 Å². The number of morpholine rings is 1. The molecule has 2 amide bonds. The lowest BCUT2D eigenvalue weighted by atomic mass is 10.2. The van der Waals surface area contributed by atoms with Crippen LogP contribution in [0, 0.1) is 6.92 Å². The van der Waals surface area contributed by atoms with E-state index in [1.165, 1.54) is 0 Å². The first-order valence-electron chi connectivity index (χ1n) is 8.07. The summed E-state index contributed by atoms with van der Waals surface area (Å²) in [5.41, 5.74) is 0. The van der Waals surface area contributed by atoms with E-state index in [4.69, 9.17) is 9.15 Å². The number of carbonyl (C=O) groups is 2. The predicted octanol–water partition coefficient (Wildman–Crippen LogP) is 0.205. The van der Waals surface area contributed by atoms with Gasteiger partial charge in [0, 0.05) is 39.3 Å². The fraction of sp³-hybridized carbons (Fsp3) is 0.625. The molecule has 0 N–H and O–H groups in total. The molecule has 126 valence electrons. The minimum atomic E-state index is -0.0720. The molecule has 7 nitrogen and oxygen atoms in total. The molecule has 0 aromatic carbocycles. The van der Waals surface area contributed by atoms with Crippen molar-refractivity contribution in [3.63, 3.8) is 0 Å². The average molecular weight is 321 g/mol. The van der Waals surface area contributed by atoms with Crippen LogP contribution in [-0.4, -0.2) is 85.5 Å². The minimum Gasteiger partial charge on any atom is -0.456 e. The lowest BCUT2D eigenvalue weighted by Gasteiger charge is -2.35. The Hall–Kier alpha value is -1.86. The van der Waals surface area contributed by atoms with E-state index >= 15 is 0 Å². The van der Waals surface area contributed by atoms with Crippen LogP contribution in [0.5, 0.6) is 0 Å². The summed E-state index contributed by atoms with van der Waals surface area (Å²) in [4.78, 5) is 30.3. The fourth-order valence-electron chi connectivity index (χ4n) is 2.92. The van der Waals surface area contributed by atoms with Gasteiger partial charge in [-0.3, -0.25) is 14.5 Å². The largest absolute Gasteiger partial charge is 0.456 e. The van der Waals surface area contributed by atoms with Crippen molar-refractivity contribution in [1.82, 2.24) is 14.7 Å². The molecule has 0 aliphatic carbocycles. The maximum atomic E-state index is 12.3. The lowest BCUT2D eigenvalue weighted by molar-refractivity contribution is -0.136. The van der Waals surface area contributed by atoms with Crippen LogP contribution in [0.1, 0.15) is 16.3 Å². The van der Waals surface area contributed by atoms with E-state index in [2.05, 4.69) is 4.90 Å². The number of nitrogens with zero attached hydrogens (tertiary/aromatic N) is 3. The predicted molar refractivity (Wildman–Crippen MR) is 83.2 cm³/mol. The molecule has 2 fully saturated rings. The van der Waals surface area contributed by atoms with Crippen LogP contribution in [0.3, 0.4) is 0 Å². The van der Waals surface area contributed by atoms with Gasteiger partial charge in [0.2, 0.25) is 5.91 Å². The van der Waals surface area contributed by atoms with Crippen LogP contribution in [0.4, 0.5) is 0 Å². The first kappa shape index (κ1) is 16.0. The summed E-state index contributed by atoms with van der Waals surface area (Å²) >= 11 is 0. The number of amides is 2. The highest BCUT2D eigenvalue weighted by molar-refractivity contribution is 5.91. The number of piperazine rings is 1. The van der Waals surface area contributed by atoms with Gasteiger partial charge in [0.1, 0.15) is 5.76 Å². The van der Waals surface area contributed by atoms with Gasteiger partial charge < -0.3 is 19.0 Å². The Bertz CT molecular complexity index is 557. The van der Waals surface area contributed by atoms with E-state index in [1.54, 1.807) is 17.0 Å². The van der Waals surface area contributed by atoms with Crippen molar-refractivity contribution >= 4 is 11.8 Å². The zero-order valence-corrected chi connectivity index (χ0v) is 13.5. The van der Waals surface area contributed by atoms with Crippen LogP contribution < -0.4 is 0 Å². The summed E-state index contributed by atoms with van der Waals surface area (Å²) < 4.78 is 10.7. The van der Waals surface area contributed by atoms with Crippen molar-refractivity contribution in [2.24, 2.45) is 0 Å². The van der Waals surface area contributed by atoms with Crippen molar-refractivity contribution in [2.75, 3.05) is 59.0 Å². The van der Waals surface area contributed by atoms with Crippen LogP contribution in [0.15, 0.2) is 16.5 Å². The third-order valence-electron chi connectivity index (χ3n) is 4.33. The zero-order valence-electron chi connectivity index (χ0n) is 13.5. The number of aryl methyl sites for hydroxylation is 1. The van der Waals surface area contributed by atoms with Crippen molar-refractivity contribution in [3.05, 3.63) is 23.7 Å². The van der Waals surface area contributed by atoms with Crippen LogP contribution in [0.25, 0.3) is 0 Å². The molecular formula is C16H23N3O4. The number of hydrogen-bond acceptors (Lipinski definition) is 5. The summed E-state index contributed by atoms with van der Waals surface area (Å²) in [6.07, 6.45) is 0. The van der Waals surface area contributed by atoms with E-state index in [0.29, 0.717) is 64.8 Å². The molecule has 0 spiro atoms. The molecule has 1 aromatic heterocycles. The van der Waals surface area contributed by atoms with E-state index in [0.717, 1.165) is 5.76 Å². The van der Waals surface area contributed by atoms with Gasteiger partial charge in [-0.2, -0.15) is 0 Å². The van der Waals surface area contributed by atoms with E-state index in [1.807, 2.05) is 11.8 Å². The van der Waals surface area contributed by atoms with Crippen molar-refractivity contribution < 1.29 is 18.7 Å². The fourth-order valence-corrected chi connectivity index (χ4v) is 2.92. The maximum Gasteiger partial charge on any atom is 0.289 e. The van der Waals surface area contributed by atoms with Crippen molar-refractivity contribution in [3.8, 4) is 0 Å². The molecule has 2 saturated heterocycles. The molecule has 2 aliphatic rings. The third kappa shape index (κ3) is 3.92. The second-order valence-corrected chi connectivity index (χ2v) is 5.97. The van der Waals surface area contributed by atoms with Gasteiger partial charge in [0.25, 0.3) is 5.91 Å². The van der Waals surface area contributed by atoms with Crippen LogP contribution in [-0.2, 0) is 9.53 Å². The second-order valence-electron chi connectivity index (χ2n) is 5.97. The Morgan fingerprint density at radius 1 is 1.00 bits per heavy atom. The Morgan fingerprint density at radius 2 is 1.70 bits per heavy atom. The van der Waals surface area contributed by atoms with E-state index < -0.39 is 0 Å². The highest BCUT2D eigenvalue weighted by atomic mass is 16.5. The molecule has 1 aromatic rings. The summed E-state index contributed by atoms with van der Waals surface area (Å²) in [6.45, 7) is 7.50. The number of carbonyl (C=O) groups excluding carboxylic acids is 2. The summed E-state index contributed by atoms with van der Waals surface area (Å²) in [6, 6.07) is 3.51. The van der Waals surface area contributed by atoms with E-state index in [-0.39, 0.29) is 11.8 Å². The number of hydrogen-bond donors (Lipinski definition) is 0. The maximum absolute atomic E-state index is 12.3. The zero-order chi connectivity index (χ0) is 16.2. The Balaban J connectivity index is 1.46. The first-order chi connectivity index (χ1) is 11.1. The van der Waals surface area contributed by atoms with Gasteiger partial charge >= 0.3 is 0 Å². The topological polar surface area (TPSA) is 66.2 Å². The smallest absolute Gasteiger partial charge is 0.289 e. The molecule has 0 unspecified atom stereocenters.